The number of hydrogen-bond acceptors (Lipinski definition) is 5. The van der Waals surface area contributed by atoms with Crippen molar-refractivity contribution in [3.63, 3.8) is 0 Å². The molecule has 2 heterocycles. The minimum absolute atomic E-state index is 0.263. The maximum atomic E-state index is 13.2. The van der Waals surface area contributed by atoms with Crippen LogP contribution in [0.1, 0.15) is 24.1 Å². The number of aromatic nitrogens is 3. The van der Waals surface area contributed by atoms with Crippen LogP contribution in [0.2, 0.25) is 0 Å². The van der Waals surface area contributed by atoms with Gasteiger partial charge in [-0.2, -0.15) is 20.7 Å². The summed E-state index contributed by atoms with van der Waals surface area (Å²) in [6.07, 6.45) is 2.81. The van der Waals surface area contributed by atoms with Crippen LogP contribution in [0.4, 0.5) is 10.1 Å². The highest BCUT2D eigenvalue weighted by atomic mass is 19.1. The van der Waals surface area contributed by atoms with Gasteiger partial charge in [-0.25, -0.2) is 4.39 Å². The predicted molar refractivity (Wildman–Crippen MR) is 72.8 cm³/mol. The fraction of sp³-hybridized carbons (Fsp3) is 0.357. The summed E-state index contributed by atoms with van der Waals surface area (Å²) in [4.78, 5) is 1.89. The molecule has 1 atom stereocenters. The van der Waals surface area contributed by atoms with E-state index in [0.717, 1.165) is 6.42 Å². The van der Waals surface area contributed by atoms with Crippen molar-refractivity contribution in [3.05, 3.63) is 41.5 Å². The molecule has 1 fully saturated rings. The van der Waals surface area contributed by atoms with E-state index in [4.69, 9.17) is 5.26 Å². The first-order chi connectivity index (χ1) is 10.1. The molecule has 0 aliphatic carbocycles. The standard InChI is InChI=1S/C14H14FN5O/c15-11-2-3-12(10(6-11)7-16)20-5-1-4-14(21,9-20)13-8-17-19-18-13/h2-3,6,8,21H,1,4-5,9H2,(H,17,18,19). The summed E-state index contributed by atoms with van der Waals surface area (Å²) in [6, 6.07) is 6.10. The fourth-order valence-corrected chi connectivity index (χ4v) is 2.75. The Bertz CT molecular complexity index is 681. The minimum Gasteiger partial charge on any atom is -0.382 e. The van der Waals surface area contributed by atoms with Gasteiger partial charge in [0.1, 0.15) is 23.2 Å². The molecule has 1 unspecified atom stereocenters. The highest BCUT2D eigenvalue weighted by molar-refractivity contribution is 5.60. The molecule has 0 bridgehead atoms. The molecule has 6 nitrogen and oxygen atoms in total. The summed E-state index contributed by atoms with van der Waals surface area (Å²) < 4.78 is 13.2. The molecule has 1 aliphatic heterocycles. The van der Waals surface area contributed by atoms with E-state index in [1.807, 2.05) is 11.0 Å². The van der Waals surface area contributed by atoms with Gasteiger partial charge in [0.15, 0.2) is 0 Å². The highest BCUT2D eigenvalue weighted by Gasteiger charge is 2.37. The van der Waals surface area contributed by atoms with Gasteiger partial charge in [-0.3, -0.25) is 0 Å². The number of rotatable bonds is 2. The summed E-state index contributed by atoms with van der Waals surface area (Å²) in [5.74, 6) is -0.445. The van der Waals surface area contributed by atoms with Crippen LogP contribution in [0.5, 0.6) is 0 Å². The van der Waals surface area contributed by atoms with Crippen LogP contribution in [0.15, 0.2) is 24.4 Å². The number of aromatic amines is 1. The van der Waals surface area contributed by atoms with Gasteiger partial charge in [-0.05, 0) is 31.0 Å². The molecule has 2 aromatic rings. The Labute approximate surface area is 120 Å². The molecule has 0 spiro atoms. The summed E-state index contributed by atoms with van der Waals surface area (Å²) in [7, 11) is 0. The molecule has 1 aliphatic rings. The average Bonchev–Trinajstić information content (AvgIpc) is 3.02. The molecule has 21 heavy (non-hydrogen) atoms. The lowest BCUT2D eigenvalue weighted by atomic mass is 9.89. The van der Waals surface area contributed by atoms with Gasteiger partial charge in [0.05, 0.1) is 24.0 Å². The van der Waals surface area contributed by atoms with Crippen LogP contribution in [-0.4, -0.2) is 33.6 Å². The average molecular weight is 287 g/mol. The molecule has 0 amide bonds. The zero-order chi connectivity index (χ0) is 14.9. The molecule has 1 aromatic heterocycles. The Balaban J connectivity index is 1.92. The van der Waals surface area contributed by atoms with E-state index < -0.39 is 11.4 Å². The summed E-state index contributed by atoms with van der Waals surface area (Å²) >= 11 is 0. The number of nitrogens with one attached hydrogen (secondary N) is 1. The molecule has 3 rings (SSSR count). The third-order valence-electron chi connectivity index (χ3n) is 3.78. The maximum absolute atomic E-state index is 13.2. The SMILES string of the molecule is N#Cc1cc(F)ccc1N1CCCC(O)(c2cn[nH]n2)C1. The van der Waals surface area contributed by atoms with Gasteiger partial charge in [0.2, 0.25) is 0 Å². The van der Waals surface area contributed by atoms with Crippen LogP contribution in [0, 0.1) is 17.1 Å². The van der Waals surface area contributed by atoms with Crippen molar-refractivity contribution >= 4 is 5.69 Å². The molecule has 7 heteroatoms. The number of halogens is 1. The number of nitrogens with zero attached hydrogens (tertiary/aromatic N) is 4. The number of H-pyrrole nitrogens is 1. The topological polar surface area (TPSA) is 88.8 Å². The number of β-amino-alcohol motifs (C(OH)–C–C–N with tert-alkyl or cyclic N) is 1. The lowest BCUT2D eigenvalue weighted by Crippen LogP contribution is -2.46. The van der Waals surface area contributed by atoms with Gasteiger partial charge in [-0.1, -0.05) is 0 Å². The number of piperidine rings is 1. The quantitative estimate of drug-likeness (QED) is 0.869. The second-order valence-electron chi connectivity index (χ2n) is 5.19. The molecule has 0 radical (unpaired) electrons. The molecular weight excluding hydrogens is 273 g/mol. The van der Waals surface area contributed by atoms with E-state index in [1.165, 1.54) is 18.3 Å². The van der Waals surface area contributed by atoms with E-state index >= 15 is 0 Å². The number of benzene rings is 1. The van der Waals surface area contributed by atoms with Crippen molar-refractivity contribution < 1.29 is 9.50 Å². The summed E-state index contributed by atoms with van der Waals surface area (Å²) in [6.45, 7) is 0.986. The van der Waals surface area contributed by atoms with Gasteiger partial charge >= 0.3 is 0 Å². The number of nitriles is 1. The first-order valence-electron chi connectivity index (χ1n) is 6.66. The van der Waals surface area contributed by atoms with Crippen LogP contribution >= 0.6 is 0 Å². The van der Waals surface area contributed by atoms with Crippen molar-refractivity contribution in [1.82, 2.24) is 15.4 Å². The van der Waals surface area contributed by atoms with Gasteiger partial charge in [-0.15, -0.1) is 0 Å². The lowest BCUT2D eigenvalue weighted by Gasteiger charge is -2.39. The number of aliphatic hydroxyl groups is 1. The Morgan fingerprint density at radius 2 is 2.33 bits per heavy atom. The lowest BCUT2D eigenvalue weighted by molar-refractivity contribution is 0.0177. The molecule has 2 N–H and O–H groups in total. The molecule has 108 valence electrons. The number of hydrogen-bond donors (Lipinski definition) is 2. The van der Waals surface area contributed by atoms with Crippen LogP contribution in [0.25, 0.3) is 0 Å². The van der Waals surface area contributed by atoms with Crippen molar-refractivity contribution in [2.75, 3.05) is 18.0 Å². The van der Waals surface area contributed by atoms with Gasteiger partial charge in [0, 0.05) is 6.54 Å². The minimum atomic E-state index is -1.12. The molecule has 1 saturated heterocycles. The summed E-state index contributed by atoms with van der Waals surface area (Å²) in [5.41, 5.74) is 0.250. The zero-order valence-electron chi connectivity index (χ0n) is 11.3. The number of anilines is 1. The van der Waals surface area contributed by atoms with E-state index in [1.54, 1.807) is 6.07 Å². The third kappa shape index (κ3) is 2.45. The van der Waals surface area contributed by atoms with Gasteiger partial charge < -0.3 is 10.0 Å². The van der Waals surface area contributed by atoms with Crippen LogP contribution in [0.3, 0.4) is 0 Å². The predicted octanol–water partition coefficient (Wildman–Crippen LogP) is 1.30. The third-order valence-corrected chi connectivity index (χ3v) is 3.78. The smallest absolute Gasteiger partial charge is 0.127 e. The highest BCUT2D eigenvalue weighted by Crippen LogP contribution is 2.33. The fourth-order valence-electron chi connectivity index (χ4n) is 2.75. The normalized spacial score (nSPS) is 22.0. The van der Waals surface area contributed by atoms with Crippen molar-refractivity contribution in [2.45, 2.75) is 18.4 Å². The van der Waals surface area contributed by atoms with E-state index in [2.05, 4.69) is 15.4 Å². The van der Waals surface area contributed by atoms with Crippen molar-refractivity contribution in [1.29, 1.82) is 5.26 Å². The largest absolute Gasteiger partial charge is 0.382 e. The van der Waals surface area contributed by atoms with E-state index in [0.29, 0.717) is 30.9 Å². The monoisotopic (exact) mass is 287 g/mol. The van der Waals surface area contributed by atoms with Crippen molar-refractivity contribution in [3.8, 4) is 6.07 Å². The maximum Gasteiger partial charge on any atom is 0.127 e. The van der Waals surface area contributed by atoms with Gasteiger partial charge in [0.25, 0.3) is 0 Å². The van der Waals surface area contributed by atoms with E-state index in [-0.39, 0.29) is 5.56 Å². The second-order valence-corrected chi connectivity index (χ2v) is 5.19. The summed E-state index contributed by atoms with van der Waals surface area (Å²) in [5, 5.41) is 30.1. The van der Waals surface area contributed by atoms with Crippen molar-refractivity contribution in [2.24, 2.45) is 0 Å². The Morgan fingerprint density at radius 3 is 3.05 bits per heavy atom. The van der Waals surface area contributed by atoms with E-state index in [9.17, 15) is 9.50 Å². The second kappa shape index (κ2) is 5.14. The zero-order valence-corrected chi connectivity index (χ0v) is 11.3. The Morgan fingerprint density at radius 1 is 1.48 bits per heavy atom. The molecule has 1 aromatic carbocycles. The first kappa shape index (κ1) is 13.5. The Hall–Kier alpha value is -2.46. The molecular formula is C14H14FN5O. The first-order valence-corrected chi connectivity index (χ1v) is 6.66. The Kier molecular flexibility index (Phi) is 3.31. The van der Waals surface area contributed by atoms with Crippen LogP contribution in [-0.2, 0) is 5.60 Å². The molecule has 0 saturated carbocycles. The van der Waals surface area contributed by atoms with Crippen LogP contribution < -0.4 is 4.90 Å².